The second-order valence-corrected chi connectivity index (χ2v) is 13.4. The molecule has 0 unspecified atom stereocenters. The molecule has 0 bridgehead atoms. The molecule has 0 radical (unpaired) electrons. The Morgan fingerprint density at radius 3 is 1.34 bits per heavy atom. The van der Waals surface area contributed by atoms with Crippen LogP contribution in [-0.2, 0) is 0 Å². The molecule has 0 aliphatic carbocycles. The van der Waals surface area contributed by atoms with Gasteiger partial charge in [0, 0.05) is 17.1 Å². The van der Waals surface area contributed by atoms with Gasteiger partial charge in [0.15, 0.2) is 0 Å². The minimum atomic E-state index is 1.11. The zero-order chi connectivity index (χ0) is 35.4. The Morgan fingerprint density at radius 2 is 0.679 bits per heavy atom. The number of anilines is 3. The Labute approximate surface area is 311 Å². The molecule has 0 saturated heterocycles. The van der Waals surface area contributed by atoms with E-state index >= 15 is 0 Å². The van der Waals surface area contributed by atoms with Crippen LogP contribution in [0.4, 0.5) is 17.1 Å². The van der Waals surface area contributed by atoms with Crippen molar-refractivity contribution in [1.29, 1.82) is 0 Å². The largest absolute Gasteiger partial charge is 0.311 e. The topological polar surface area (TPSA) is 3.24 Å². The van der Waals surface area contributed by atoms with Gasteiger partial charge in [-0.25, -0.2) is 0 Å². The van der Waals surface area contributed by atoms with Gasteiger partial charge in [0.1, 0.15) is 0 Å². The number of hydrogen-bond donors (Lipinski definition) is 0. The molecule has 9 aromatic rings. The summed E-state index contributed by atoms with van der Waals surface area (Å²) in [5.74, 6) is 0. The number of fused-ring (bicyclic) bond motifs is 1. The molecular formula is C52H37N. The van der Waals surface area contributed by atoms with E-state index in [-0.39, 0.29) is 0 Å². The molecule has 250 valence electrons. The van der Waals surface area contributed by atoms with Crippen molar-refractivity contribution in [2.75, 3.05) is 4.90 Å². The van der Waals surface area contributed by atoms with Crippen LogP contribution < -0.4 is 4.90 Å². The maximum atomic E-state index is 2.33. The third-order valence-corrected chi connectivity index (χ3v) is 10.1. The summed E-state index contributed by atoms with van der Waals surface area (Å²) in [6.45, 7) is 0. The summed E-state index contributed by atoms with van der Waals surface area (Å²) in [6.07, 6.45) is 0. The van der Waals surface area contributed by atoms with E-state index in [2.05, 4.69) is 229 Å². The molecule has 0 aliphatic rings. The van der Waals surface area contributed by atoms with Gasteiger partial charge in [-0.3, -0.25) is 0 Å². The molecule has 1 nitrogen and oxygen atoms in total. The smallest absolute Gasteiger partial charge is 0.0462 e. The molecular weight excluding hydrogens is 639 g/mol. The molecule has 0 aliphatic heterocycles. The van der Waals surface area contributed by atoms with Gasteiger partial charge in [0.25, 0.3) is 0 Å². The minimum Gasteiger partial charge on any atom is -0.311 e. The summed E-state index contributed by atoms with van der Waals surface area (Å²) < 4.78 is 0. The van der Waals surface area contributed by atoms with Crippen LogP contribution >= 0.6 is 0 Å². The molecule has 1 heteroatoms. The van der Waals surface area contributed by atoms with Gasteiger partial charge >= 0.3 is 0 Å². The monoisotopic (exact) mass is 675 g/mol. The second-order valence-electron chi connectivity index (χ2n) is 13.4. The van der Waals surface area contributed by atoms with Crippen LogP contribution in [0.15, 0.2) is 224 Å². The summed E-state index contributed by atoms with van der Waals surface area (Å²) in [6, 6.07) is 80.7. The first kappa shape index (κ1) is 32.0. The lowest BCUT2D eigenvalue weighted by molar-refractivity contribution is 1.28. The summed E-state index contributed by atoms with van der Waals surface area (Å²) in [4.78, 5) is 2.33. The number of benzene rings is 9. The van der Waals surface area contributed by atoms with E-state index in [1.54, 1.807) is 0 Å². The zero-order valence-corrected chi connectivity index (χ0v) is 29.3. The highest BCUT2D eigenvalue weighted by Crippen LogP contribution is 2.39. The first-order valence-corrected chi connectivity index (χ1v) is 18.2. The highest BCUT2D eigenvalue weighted by molar-refractivity contribution is 5.97. The maximum absolute atomic E-state index is 2.33. The van der Waals surface area contributed by atoms with E-state index in [1.807, 2.05) is 0 Å². The fourth-order valence-corrected chi connectivity index (χ4v) is 7.42. The highest BCUT2D eigenvalue weighted by atomic mass is 15.1. The summed E-state index contributed by atoms with van der Waals surface area (Å²) in [5, 5.41) is 2.53. The predicted octanol–water partition coefficient (Wildman–Crippen LogP) is 14.6. The highest BCUT2D eigenvalue weighted by Gasteiger charge is 2.15. The number of rotatable bonds is 8. The summed E-state index contributed by atoms with van der Waals surface area (Å²) in [5.41, 5.74) is 15.5. The molecule has 0 fully saturated rings. The SMILES string of the molecule is c1ccc(-c2ccc(-c3ccc(N(c4ccccc4)c4ccc(-c5cccc(-c6cccc7ccccc67)c5)cc4)cc3)cc2-c2ccccc2)cc1. The Hall–Kier alpha value is -6.96. The summed E-state index contributed by atoms with van der Waals surface area (Å²) >= 11 is 0. The van der Waals surface area contributed by atoms with Gasteiger partial charge in [-0.1, -0.05) is 176 Å². The standard InChI is InChI=1S/C52H37N/c1-4-14-40(15-5-1)51-35-30-44(37-52(51)42-16-6-2-7-17-42)39-28-33-48(34-29-39)53(46-22-8-3-9-23-46)47-31-26-38(27-32-47)43-20-12-21-45(36-43)50-25-13-19-41-18-10-11-24-49(41)50/h1-37H. The van der Waals surface area contributed by atoms with Gasteiger partial charge in [-0.2, -0.15) is 0 Å². The number of para-hydroxylation sites is 1. The fourth-order valence-electron chi connectivity index (χ4n) is 7.42. The number of hydrogen-bond acceptors (Lipinski definition) is 1. The van der Waals surface area contributed by atoms with Crippen molar-refractivity contribution in [2.45, 2.75) is 0 Å². The van der Waals surface area contributed by atoms with Crippen LogP contribution in [0, 0.1) is 0 Å². The van der Waals surface area contributed by atoms with Crippen LogP contribution in [0.1, 0.15) is 0 Å². The first-order chi connectivity index (χ1) is 26.3. The minimum absolute atomic E-state index is 1.11. The van der Waals surface area contributed by atoms with Crippen LogP contribution in [0.5, 0.6) is 0 Å². The van der Waals surface area contributed by atoms with Crippen LogP contribution in [0.25, 0.3) is 66.4 Å². The lowest BCUT2D eigenvalue weighted by Gasteiger charge is -2.26. The molecule has 0 atom stereocenters. The fraction of sp³-hybridized carbons (Fsp3) is 0. The van der Waals surface area contributed by atoms with E-state index in [0.717, 1.165) is 17.1 Å². The molecule has 0 N–H and O–H groups in total. The van der Waals surface area contributed by atoms with E-state index in [4.69, 9.17) is 0 Å². The van der Waals surface area contributed by atoms with Gasteiger partial charge in [-0.15, -0.1) is 0 Å². The van der Waals surface area contributed by atoms with E-state index < -0.39 is 0 Å². The van der Waals surface area contributed by atoms with Crippen molar-refractivity contribution in [1.82, 2.24) is 0 Å². The van der Waals surface area contributed by atoms with Crippen LogP contribution in [0.3, 0.4) is 0 Å². The average Bonchev–Trinajstić information content (AvgIpc) is 3.25. The molecule has 0 aromatic heterocycles. The Morgan fingerprint density at radius 1 is 0.226 bits per heavy atom. The number of nitrogens with zero attached hydrogens (tertiary/aromatic N) is 1. The summed E-state index contributed by atoms with van der Waals surface area (Å²) in [7, 11) is 0. The van der Waals surface area contributed by atoms with Crippen molar-refractivity contribution in [3.8, 4) is 55.6 Å². The quantitative estimate of drug-likeness (QED) is 0.155. The van der Waals surface area contributed by atoms with E-state index in [1.165, 1.54) is 66.4 Å². The molecule has 53 heavy (non-hydrogen) atoms. The van der Waals surface area contributed by atoms with Crippen molar-refractivity contribution in [3.05, 3.63) is 224 Å². The normalized spacial score (nSPS) is 11.0. The lowest BCUT2D eigenvalue weighted by Crippen LogP contribution is -2.09. The third kappa shape index (κ3) is 6.53. The van der Waals surface area contributed by atoms with Gasteiger partial charge in [0.05, 0.1) is 0 Å². The van der Waals surface area contributed by atoms with E-state index in [0.29, 0.717) is 0 Å². The molecule has 0 saturated carbocycles. The second kappa shape index (κ2) is 14.3. The van der Waals surface area contributed by atoms with E-state index in [9.17, 15) is 0 Å². The third-order valence-electron chi connectivity index (χ3n) is 10.1. The van der Waals surface area contributed by atoms with Crippen molar-refractivity contribution < 1.29 is 0 Å². The molecule has 0 heterocycles. The van der Waals surface area contributed by atoms with Gasteiger partial charge in [0.2, 0.25) is 0 Å². The molecule has 9 rings (SSSR count). The van der Waals surface area contributed by atoms with Gasteiger partial charge < -0.3 is 4.90 Å². The van der Waals surface area contributed by atoms with Crippen molar-refractivity contribution in [3.63, 3.8) is 0 Å². The predicted molar refractivity (Wildman–Crippen MR) is 226 cm³/mol. The van der Waals surface area contributed by atoms with Crippen molar-refractivity contribution in [2.24, 2.45) is 0 Å². The van der Waals surface area contributed by atoms with Crippen molar-refractivity contribution >= 4 is 27.8 Å². The average molecular weight is 676 g/mol. The lowest BCUT2D eigenvalue weighted by atomic mass is 9.91. The zero-order valence-electron chi connectivity index (χ0n) is 29.3. The Kier molecular flexibility index (Phi) is 8.66. The Bertz CT molecular complexity index is 2620. The van der Waals surface area contributed by atoms with Crippen LogP contribution in [0.2, 0.25) is 0 Å². The molecule has 9 aromatic carbocycles. The Balaban J connectivity index is 1.04. The molecule has 0 amide bonds. The van der Waals surface area contributed by atoms with Crippen LogP contribution in [-0.4, -0.2) is 0 Å². The molecule has 0 spiro atoms. The van der Waals surface area contributed by atoms with Gasteiger partial charge in [-0.05, 0) is 115 Å². The first-order valence-electron chi connectivity index (χ1n) is 18.2. The maximum Gasteiger partial charge on any atom is 0.0462 e.